The third-order valence-electron chi connectivity index (χ3n) is 3.49. The lowest BCUT2D eigenvalue weighted by atomic mass is 10.1. The quantitative estimate of drug-likeness (QED) is 0.381. The number of hydrogen-bond donors (Lipinski definition) is 5. The van der Waals surface area contributed by atoms with Gasteiger partial charge in [0.25, 0.3) is 11.8 Å². The van der Waals surface area contributed by atoms with E-state index < -0.39 is 29.9 Å². The average molecular weight is 349 g/mol. The number of pyridine rings is 1. The lowest BCUT2D eigenvalue weighted by molar-refractivity contribution is 0.0696. The molecule has 25 heavy (non-hydrogen) atoms. The molecule has 2 amide bonds. The molecule has 1 aromatic carbocycles. The predicted molar refractivity (Wildman–Crippen MR) is 83.5 cm³/mol. The molecular formula is C16H16FN3O5. The van der Waals surface area contributed by atoms with Gasteiger partial charge < -0.3 is 15.5 Å². The lowest BCUT2D eigenvalue weighted by Crippen LogP contribution is -2.28. The van der Waals surface area contributed by atoms with Crippen LogP contribution in [-0.2, 0) is 13.0 Å². The molecule has 0 radical (unpaired) electrons. The number of aromatic nitrogens is 1. The van der Waals surface area contributed by atoms with E-state index in [-0.39, 0.29) is 23.5 Å². The number of halogens is 1. The predicted octanol–water partition coefficient (Wildman–Crippen LogP) is 0.510. The number of carbonyl (C=O) groups is 2. The Bertz CT molecular complexity index is 780. The van der Waals surface area contributed by atoms with E-state index in [9.17, 15) is 24.2 Å². The number of nitrogens with one attached hydrogen (secondary N) is 2. The highest BCUT2D eigenvalue weighted by atomic mass is 19.1. The maximum absolute atomic E-state index is 12.8. The summed E-state index contributed by atoms with van der Waals surface area (Å²) in [6.45, 7) is -0.476. The molecule has 0 aliphatic heterocycles. The second-order valence-electron chi connectivity index (χ2n) is 5.08. The SMILES string of the molecule is O=C(NCCc1ccc(F)cc1)c1cnc(C(=O)NO)c(O)c1CO. The molecule has 0 spiro atoms. The van der Waals surface area contributed by atoms with Crippen LogP contribution in [0, 0.1) is 5.82 Å². The van der Waals surface area contributed by atoms with Gasteiger partial charge in [-0.15, -0.1) is 0 Å². The summed E-state index contributed by atoms with van der Waals surface area (Å²) < 4.78 is 12.8. The van der Waals surface area contributed by atoms with Crippen LogP contribution < -0.4 is 10.8 Å². The minimum absolute atomic E-state index is 0.103. The highest BCUT2D eigenvalue weighted by molar-refractivity contribution is 5.99. The van der Waals surface area contributed by atoms with Crippen molar-refractivity contribution in [3.8, 4) is 5.75 Å². The van der Waals surface area contributed by atoms with Crippen molar-refractivity contribution in [3.05, 3.63) is 58.7 Å². The number of hydrogen-bond acceptors (Lipinski definition) is 6. The van der Waals surface area contributed by atoms with E-state index >= 15 is 0 Å². The number of aromatic hydroxyl groups is 1. The van der Waals surface area contributed by atoms with E-state index in [4.69, 9.17) is 5.21 Å². The van der Waals surface area contributed by atoms with E-state index in [2.05, 4.69) is 10.3 Å². The molecule has 0 bridgehead atoms. The first-order chi connectivity index (χ1) is 12.0. The monoisotopic (exact) mass is 349 g/mol. The smallest absolute Gasteiger partial charge is 0.297 e. The minimum atomic E-state index is -1.07. The Kier molecular flexibility index (Phi) is 5.98. The van der Waals surface area contributed by atoms with Gasteiger partial charge in [-0.05, 0) is 24.1 Å². The number of nitrogens with zero attached hydrogens (tertiary/aromatic N) is 1. The molecule has 0 aliphatic carbocycles. The Morgan fingerprint density at radius 1 is 1.16 bits per heavy atom. The molecule has 0 unspecified atom stereocenters. The van der Waals surface area contributed by atoms with Crippen molar-refractivity contribution in [3.63, 3.8) is 0 Å². The summed E-state index contributed by atoms with van der Waals surface area (Å²) in [4.78, 5) is 27.2. The summed E-state index contributed by atoms with van der Waals surface area (Å²) in [5.41, 5.74) is 1.32. The van der Waals surface area contributed by atoms with Gasteiger partial charge in [-0.25, -0.2) is 14.9 Å². The van der Waals surface area contributed by atoms with Crippen LogP contribution in [0.25, 0.3) is 0 Å². The first-order valence-electron chi connectivity index (χ1n) is 7.26. The first kappa shape index (κ1) is 18.3. The molecule has 0 fully saturated rings. The van der Waals surface area contributed by atoms with Crippen molar-refractivity contribution in [2.45, 2.75) is 13.0 Å². The Morgan fingerprint density at radius 3 is 2.44 bits per heavy atom. The number of hydroxylamine groups is 1. The van der Waals surface area contributed by atoms with Crippen LogP contribution in [0.5, 0.6) is 5.75 Å². The molecule has 2 rings (SSSR count). The Balaban J connectivity index is 2.09. The molecule has 8 nitrogen and oxygen atoms in total. The second kappa shape index (κ2) is 8.18. The van der Waals surface area contributed by atoms with Crippen LogP contribution in [0.15, 0.2) is 30.5 Å². The van der Waals surface area contributed by atoms with E-state index in [1.165, 1.54) is 17.6 Å². The van der Waals surface area contributed by atoms with Gasteiger partial charge >= 0.3 is 0 Å². The molecule has 5 N–H and O–H groups in total. The fraction of sp³-hybridized carbons (Fsp3) is 0.188. The van der Waals surface area contributed by atoms with E-state index in [1.807, 2.05) is 0 Å². The molecule has 1 heterocycles. The van der Waals surface area contributed by atoms with Gasteiger partial charge in [-0.1, -0.05) is 12.1 Å². The third kappa shape index (κ3) is 4.28. The standard InChI is InChI=1S/C16H16FN3O5/c17-10-3-1-9(2-4-10)5-6-18-15(23)11-7-19-13(16(24)20-25)14(22)12(11)8-21/h1-4,7,21-22,25H,5-6,8H2,(H,18,23)(H,20,24). The first-order valence-corrected chi connectivity index (χ1v) is 7.26. The fourth-order valence-corrected chi connectivity index (χ4v) is 2.18. The average Bonchev–Trinajstić information content (AvgIpc) is 2.62. The lowest BCUT2D eigenvalue weighted by Gasteiger charge is -2.12. The van der Waals surface area contributed by atoms with E-state index in [0.29, 0.717) is 6.42 Å². The number of rotatable bonds is 6. The summed E-state index contributed by atoms with van der Waals surface area (Å²) in [7, 11) is 0. The maximum atomic E-state index is 12.8. The highest BCUT2D eigenvalue weighted by Crippen LogP contribution is 2.24. The van der Waals surface area contributed by atoms with Crippen molar-refractivity contribution in [2.75, 3.05) is 6.54 Å². The molecule has 9 heteroatoms. The third-order valence-corrected chi connectivity index (χ3v) is 3.49. The zero-order chi connectivity index (χ0) is 18.4. The maximum Gasteiger partial charge on any atom is 0.297 e. The molecule has 1 aromatic heterocycles. The van der Waals surface area contributed by atoms with Crippen LogP contribution in [0.2, 0.25) is 0 Å². The normalized spacial score (nSPS) is 10.4. The molecule has 0 atom stereocenters. The molecule has 132 valence electrons. The molecule has 0 saturated carbocycles. The van der Waals surface area contributed by atoms with Crippen molar-refractivity contribution in [2.24, 2.45) is 0 Å². The number of aliphatic hydroxyl groups excluding tert-OH is 1. The Morgan fingerprint density at radius 2 is 1.84 bits per heavy atom. The van der Waals surface area contributed by atoms with Gasteiger partial charge in [0.1, 0.15) is 5.82 Å². The summed E-state index contributed by atoms with van der Waals surface area (Å²) in [5.74, 6) is -2.73. The minimum Gasteiger partial charge on any atom is -0.505 e. The van der Waals surface area contributed by atoms with Crippen molar-refractivity contribution in [1.29, 1.82) is 0 Å². The molecule has 2 aromatic rings. The van der Waals surface area contributed by atoms with Gasteiger partial charge in [-0.3, -0.25) is 14.8 Å². The molecular weight excluding hydrogens is 333 g/mol. The van der Waals surface area contributed by atoms with Crippen molar-refractivity contribution < 1.29 is 29.4 Å². The largest absolute Gasteiger partial charge is 0.505 e. The topological polar surface area (TPSA) is 132 Å². The molecule has 0 saturated heterocycles. The van der Waals surface area contributed by atoms with Crippen LogP contribution in [-0.4, -0.2) is 38.8 Å². The Hall–Kier alpha value is -3.04. The van der Waals surface area contributed by atoms with E-state index in [0.717, 1.165) is 11.8 Å². The number of amides is 2. The fourth-order valence-electron chi connectivity index (χ4n) is 2.18. The second-order valence-corrected chi connectivity index (χ2v) is 5.08. The van der Waals surface area contributed by atoms with Gasteiger partial charge in [0, 0.05) is 18.3 Å². The summed E-state index contributed by atoms with van der Waals surface area (Å²) in [5, 5.41) is 30.5. The van der Waals surface area contributed by atoms with Crippen LogP contribution in [0.3, 0.4) is 0 Å². The van der Waals surface area contributed by atoms with Gasteiger partial charge in [0.05, 0.1) is 12.2 Å². The van der Waals surface area contributed by atoms with Crippen molar-refractivity contribution >= 4 is 11.8 Å². The number of benzene rings is 1. The summed E-state index contributed by atoms with van der Waals surface area (Å²) in [6, 6.07) is 5.81. The molecule has 0 aliphatic rings. The van der Waals surface area contributed by atoms with Crippen molar-refractivity contribution in [1.82, 2.24) is 15.8 Å². The summed E-state index contributed by atoms with van der Waals surface area (Å²) in [6.07, 6.45) is 1.47. The zero-order valence-corrected chi connectivity index (χ0v) is 13.0. The zero-order valence-electron chi connectivity index (χ0n) is 13.0. The van der Waals surface area contributed by atoms with Gasteiger partial charge in [0.15, 0.2) is 11.4 Å². The Labute approximate surface area is 141 Å². The number of aliphatic hydroxyl groups is 1. The van der Waals surface area contributed by atoms with Gasteiger partial charge in [-0.2, -0.15) is 0 Å². The van der Waals surface area contributed by atoms with Gasteiger partial charge in [0.2, 0.25) is 0 Å². The van der Waals surface area contributed by atoms with E-state index in [1.54, 1.807) is 12.1 Å². The van der Waals surface area contributed by atoms with Crippen LogP contribution in [0.4, 0.5) is 4.39 Å². The highest BCUT2D eigenvalue weighted by Gasteiger charge is 2.21. The summed E-state index contributed by atoms with van der Waals surface area (Å²) >= 11 is 0. The van der Waals surface area contributed by atoms with Crippen LogP contribution in [0.1, 0.15) is 32.0 Å². The van der Waals surface area contributed by atoms with Crippen LogP contribution >= 0.6 is 0 Å². The number of carbonyl (C=O) groups excluding carboxylic acids is 2.